The van der Waals surface area contributed by atoms with Crippen LogP contribution in [0.2, 0.25) is 0 Å². The molecule has 0 aromatic rings. The molecule has 0 heterocycles. The normalized spacial score (nSPS) is 47.6. The minimum Gasteiger partial charge on any atom is -0.459 e. The first kappa shape index (κ1) is 20.1. The molecule has 0 amide bonds. The van der Waals surface area contributed by atoms with Crippen LogP contribution < -0.4 is 0 Å². The topological polar surface area (TPSA) is 63.6 Å². The summed E-state index contributed by atoms with van der Waals surface area (Å²) in [6.45, 7) is 8.68. The first-order chi connectivity index (χ1) is 13.2. The van der Waals surface area contributed by atoms with Crippen molar-refractivity contribution < 1.29 is 19.4 Å². The number of ketones is 1. The molecule has 0 unspecified atom stereocenters. The van der Waals surface area contributed by atoms with Crippen LogP contribution in [0.15, 0.2) is 11.6 Å². The SMILES string of the molecule is CCC(=O)O[C@@]1(C)CC[C@H]2[C@@H]3CCC4=CC(=O)C[C@H](C)[C@]4(CO)[C@H]3CC[C@@]21C. The standard InChI is InChI=1S/C24H36O4/c1-5-21(27)28-23(4)11-9-19-18-7-6-16-13-17(26)12-15(2)24(16,14-25)20(18)8-10-22(19,23)3/h13,15,18-20,25H,5-12,14H2,1-4H3/t15-,18-,19-,20-,22-,23-,24-/m0/s1. The molecule has 4 rings (SSSR count). The highest BCUT2D eigenvalue weighted by molar-refractivity contribution is 5.92. The minimum atomic E-state index is -0.383. The zero-order valence-corrected chi connectivity index (χ0v) is 17.9. The molecule has 3 fully saturated rings. The molecule has 156 valence electrons. The van der Waals surface area contributed by atoms with E-state index in [0.717, 1.165) is 38.5 Å². The number of ether oxygens (including phenoxy) is 1. The fourth-order valence-electron chi connectivity index (χ4n) is 7.84. The highest BCUT2D eigenvalue weighted by atomic mass is 16.6. The lowest BCUT2D eigenvalue weighted by molar-refractivity contribution is -0.182. The van der Waals surface area contributed by atoms with Gasteiger partial charge < -0.3 is 9.84 Å². The molecule has 0 radical (unpaired) electrons. The maximum absolute atomic E-state index is 12.2. The number of fused-ring (bicyclic) bond motifs is 5. The van der Waals surface area contributed by atoms with Crippen molar-refractivity contribution in [3.63, 3.8) is 0 Å². The van der Waals surface area contributed by atoms with Crippen molar-refractivity contribution in [2.24, 2.45) is 34.5 Å². The lowest BCUT2D eigenvalue weighted by atomic mass is 9.44. The Labute approximate surface area is 169 Å². The van der Waals surface area contributed by atoms with Crippen molar-refractivity contribution in [3.8, 4) is 0 Å². The lowest BCUT2D eigenvalue weighted by Gasteiger charge is -2.61. The summed E-state index contributed by atoms with van der Waals surface area (Å²) in [4.78, 5) is 24.3. The molecule has 3 saturated carbocycles. The number of hydrogen-bond donors (Lipinski definition) is 1. The first-order valence-corrected chi connectivity index (χ1v) is 11.3. The zero-order valence-electron chi connectivity index (χ0n) is 17.9. The predicted molar refractivity (Wildman–Crippen MR) is 107 cm³/mol. The van der Waals surface area contributed by atoms with Crippen LogP contribution in [0.4, 0.5) is 0 Å². The van der Waals surface area contributed by atoms with E-state index in [9.17, 15) is 14.7 Å². The molecule has 4 nitrogen and oxygen atoms in total. The van der Waals surface area contributed by atoms with Crippen molar-refractivity contribution in [2.75, 3.05) is 6.61 Å². The maximum atomic E-state index is 12.2. The maximum Gasteiger partial charge on any atom is 0.306 e. The van der Waals surface area contributed by atoms with Crippen LogP contribution in [-0.4, -0.2) is 29.1 Å². The van der Waals surface area contributed by atoms with E-state index in [1.165, 1.54) is 5.57 Å². The molecule has 4 aliphatic carbocycles. The van der Waals surface area contributed by atoms with Gasteiger partial charge in [-0.15, -0.1) is 0 Å². The first-order valence-electron chi connectivity index (χ1n) is 11.3. The van der Waals surface area contributed by atoms with Gasteiger partial charge in [0.2, 0.25) is 0 Å². The van der Waals surface area contributed by atoms with Crippen molar-refractivity contribution >= 4 is 11.8 Å². The van der Waals surface area contributed by atoms with Gasteiger partial charge in [0.25, 0.3) is 0 Å². The van der Waals surface area contributed by atoms with Gasteiger partial charge in [-0.25, -0.2) is 0 Å². The second kappa shape index (κ2) is 6.68. The van der Waals surface area contributed by atoms with Gasteiger partial charge in [0.05, 0.1) is 6.61 Å². The molecule has 0 saturated heterocycles. The van der Waals surface area contributed by atoms with Crippen LogP contribution in [0.25, 0.3) is 0 Å². The van der Waals surface area contributed by atoms with Crippen molar-refractivity contribution in [1.82, 2.24) is 0 Å². The molecular formula is C24H36O4. The van der Waals surface area contributed by atoms with E-state index in [1.807, 2.05) is 13.0 Å². The van der Waals surface area contributed by atoms with Crippen LogP contribution in [-0.2, 0) is 14.3 Å². The Morgan fingerprint density at radius 3 is 2.61 bits per heavy atom. The third kappa shape index (κ3) is 2.52. The van der Waals surface area contributed by atoms with Crippen LogP contribution in [0.5, 0.6) is 0 Å². The van der Waals surface area contributed by atoms with Crippen molar-refractivity contribution in [2.45, 2.75) is 84.7 Å². The molecule has 4 heteroatoms. The number of rotatable bonds is 3. The zero-order chi connectivity index (χ0) is 20.3. The molecule has 4 aliphatic rings. The van der Waals surface area contributed by atoms with E-state index in [-0.39, 0.29) is 40.7 Å². The third-order valence-electron chi connectivity index (χ3n) is 9.59. The molecule has 0 aliphatic heterocycles. The Balaban J connectivity index is 1.68. The minimum absolute atomic E-state index is 0.00455. The lowest BCUT2D eigenvalue weighted by Crippen LogP contribution is -2.58. The Morgan fingerprint density at radius 2 is 1.93 bits per heavy atom. The number of carbonyl (C=O) groups is 2. The highest BCUT2D eigenvalue weighted by Crippen LogP contribution is 2.68. The summed E-state index contributed by atoms with van der Waals surface area (Å²) in [5.41, 5.74) is 0.607. The molecular weight excluding hydrogens is 352 g/mol. The quantitative estimate of drug-likeness (QED) is 0.726. The van der Waals surface area contributed by atoms with Gasteiger partial charge in [0.15, 0.2) is 5.78 Å². The number of aliphatic hydroxyl groups is 1. The third-order valence-corrected chi connectivity index (χ3v) is 9.59. The summed E-state index contributed by atoms with van der Waals surface area (Å²) < 4.78 is 6.05. The molecule has 28 heavy (non-hydrogen) atoms. The van der Waals surface area contributed by atoms with Gasteiger partial charge in [-0.3, -0.25) is 9.59 Å². The highest BCUT2D eigenvalue weighted by Gasteiger charge is 2.65. The summed E-state index contributed by atoms with van der Waals surface area (Å²) in [6, 6.07) is 0. The Bertz CT molecular complexity index is 711. The number of hydrogen-bond acceptors (Lipinski definition) is 4. The van der Waals surface area contributed by atoms with E-state index in [4.69, 9.17) is 4.74 Å². The number of esters is 1. The summed E-state index contributed by atoms with van der Waals surface area (Å²) >= 11 is 0. The van der Waals surface area contributed by atoms with Gasteiger partial charge in [-0.1, -0.05) is 26.3 Å². The molecule has 1 N–H and O–H groups in total. The van der Waals surface area contributed by atoms with Crippen molar-refractivity contribution in [3.05, 3.63) is 11.6 Å². The predicted octanol–water partition coefficient (Wildman–Crippen LogP) is 4.45. The van der Waals surface area contributed by atoms with Crippen LogP contribution >= 0.6 is 0 Å². The van der Waals surface area contributed by atoms with Gasteiger partial charge in [0, 0.05) is 23.7 Å². The average molecular weight is 389 g/mol. The Hall–Kier alpha value is -1.16. The summed E-state index contributed by atoms with van der Waals surface area (Å²) in [6.07, 6.45) is 8.98. The number of aliphatic hydroxyl groups excluding tert-OH is 1. The van der Waals surface area contributed by atoms with E-state index in [0.29, 0.717) is 30.6 Å². The molecule has 0 spiro atoms. The Morgan fingerprint density at radius 1 is 1.21 bits per heavy atom. The molecule has 7 atom stereocenters. The van der Waals surface area contributed by atoms with Crippen LogP contribution in [0.1, 0.15) is 79.1 Å². The van der Waals surface area contributed by atoms with Gasteiger partial charge in [-0.2, -0.15) is 0 Å². The summed E-state index contributed by atoms with van der Waals surface area (Å²) in [5, 5.41) is 10.6. The molecule has 0 bridgehead atoms. The van der Waals surface area contributed by atoms with Gasteiger partial charge in [0.1, 0.15) is 5.60 Å². The fourth-order valence-corrected chi connectivity index (χ4v) is 7.84. The molecule has 0 aromatic heterocycles. The van der Waals surface area contributed by atoms with Gasteiger partial charge >= 0.3 is 5.97 Å². The Kier molecular flexibility index (Phi) is 4.80. The van der Waals surface area contributed by atoms with E-state index in [2.05, 4.69) is 20.8 Å². The van der Waals surface area contributed by atoms with Crippen LogP contribution in [0.3, 0.4) is 0 Å². The monoisotopic (exact) mass is 388 g/mol. The fraction of sp³-hybridized carbons (Fsp3) is 0.833. The largest absolute Gasteiger partial charge is 0.459 e. The van der Waals surface area contributed by atoms with E-state index >= 15 is 0 Å². The summed E-state index contributed by atoms with van der Waals surface area (Å²) in [7, 11) is 0. The van der Waals surface area contributed by atoms with E-state index < -0.39 is 0 Å². The van der Waals surface area contributed by atoms with E-state index in [1.54, 1.807) is 0 Å². The smallest absolute Gasteiger partial charge is 0.306 e. The second-order valence-corrected chi connectivity index (χ2v) is 10.4. The van der Waals surface area contributed by atoms with Gasteiger partial charge in [-0.05, 0) is 75.2 Å². The van der Waals surface area contributed by atoms with Crippen molar-refractivity contribution in [1.29, 1.82) is 0 Å². The molecule has 0 aromatic carbocycles. The average Bonchev–Trinajstić information content (AvgIpc) is 2.92. The summed E-state index contributed by atoms with van der Waals surface area (Å²) in [5.74, 6) is 1.84. The van der Waals surface area contributed by atoms with Crippen LogP contribution in [0, 0.1) is 34.5 Å². The number of carbonyl (C=O) groups excluding carboxylic acids is 2. The second-order valence-electron chi connectivity index (χ2n) is 10.4.